The Labute approximate surface area is 445 Å². The van der Waals surface area contributed by atoms with Crippen molar-refractivity contribution in [1.82, 2.24) is 31.2 Å². The molecule has 0 saturated carbocycles. The molecular weight excluding hydrogens is 1000 g/mol. The van der Waals surface area contributed by atoms with Crippen molar-refractivity contribution in [3.8, 4) is 0 Å². The minimum absolute atomic E-state index is 0.0236. The Hall–Kier alpha value is -7.40. The summed E-state index contributed by atoms with van der Waals surface area (Å²) in [6.45, 7) is 1.09. The molecule has 2 aromatic carbocycles. The fourth-order valence-corrected chi connectivity index (χ4v) is 9.88. The fraction of sp³-hybridized carbons (Fsp3) is 0.519. The van der Waals surface area contributed by atoms with E-state index in [2.05, 4.69) is 36.2 Å². The summed E-state index contributed by atoms with van der Waals surface area (Å²) in [4.78, 5) is 138. The van der Waals surface area contributed by atoms with Gasteiger partial charge in [-0.15, -0.1) is 0 Å². The van der Waals surface area contributed by atoms with Gasteiger partial charge in [0.15, 0.2) is 17.7 Å². The highest BCUT2D eigenvalue weighted by Gasteiger charge is 2.43. The van der Waals surface area contributed by atoms with Crippen LogP contribution in [0.3, 0.4) is 0 Å². The number of ketones is 3. The topological polar surface area (TPSA) is 396 Å². The zero-order valence-electron chi connectivity index (χ0n) is 42.8. The van der Waals surface area contributed by atoms with Crippen LogP contribution in [0, 0.1) is 11.8 Å². The number of aliphatic imine (C=N–C) groups is 2. The van der Waals surface area contributed by atoms with Crippen molar-refractivity contribution in [3.63, 3.8) is 0 Å². The third-order valence-corrected chi connectivity index (χ3v) is 14.0. The lowest BCUT2D eigenvalue weighted by Gasteiger charge is -2.30. The highest BCUT2D eigenvalue weighted by atomic mass is 35.5. The van der Waals surface area contributed by atoms with Gasteiger partial charge in [-0.3, -0.25) is 53.1 Å². The Bertz CT molecular complexity index is 2630. The maximum absolute atomic E-state index is 14.8. The van der Waals surface area contributed by atoms with E-state index in [0.717, 1.165) is 21.4 Å². The van der Waals surface area contributed by atoms with Gasteiger partial charge in [0.05, 0.1) is 12.1 Å². The van der Waals surface area contributed by atoms with Crippen LogP contribution in [-0.4, -0.2) is 136 Å². The van der Waals surface area contributed by atoms with Gasteiger partial charge in [-0.2, -0.15) is 0 Å². The fourth-order valence-electron chi connectivity index (χ4n) is 9.67. The minimum Gasteiger partial charge on any atom is -0.391 e. The van der Waals surface area contributed by atoms with Gasteiger partial charge in [0.2, 0.25) is 35.4 Å². The highest BCUT2D eigenvalue weighted by Crippen LogP contribution is 2.28. The molecule has 8 atom stereocenters. The number of guanidine groups is 2. The molecule has 0 radical (unpaired) electrons. The SMILES string of the molecule is CC(=O)N[C@@H](CCCN=C(N)N)C(=O)N[C@H]1CCC(=O)CCCC[C@@H](C(N)=O)NC(=O)[C@H](Cc2c[nH]c3ccccc23)CC(=O)[C@H](CCCN=C(N)N)CC(=O)[C@@H](Cc2ccccc2Cl)NC(=O)[C@@H]2C[C@@H](O)CN2C1=O. The molecule has 2 saturated heterocycles. The number of para-hydroxylation sites is 1. The number of hydrogen-bond acceptors (Lipinski definition) is 12. The molecule has 16 N–H and O–H groups in total. The maximum atomic E-state index is 14.8. The molecule has 1 aromatic heterocycles. The van der Waals surface area contributed by atoms with Gasteiger partial charge in [-0.05, 0) is 74.6 Å². The van der Waals surface area contributed by atoms with Crippen LogP contribution in [0.25, 0.3) is 10.9 Å². The number of carbonyl (C=O) groups is 9. The van der Waals surface area contributed by atoms with Crippen LogP contribution < -0.4 is 49.9 Å². The number of nitrogens with one attached hydrogen (secondary N) is 5. The number of fused-ring (bicyclic) bond motifs is 2. The number of aliphatic hydroxyl groups is 1. The molecule has 412 valence electrons. The lowest BCUT2D eigenvalue weighted by Crippen LogP contribution is -2.57. The van der Waals surface area contributed by atoms with Crippen LogP contribution in [-0.2, 0) is 56.0 Å². The second-order valence-corrected chi connectivity index (χ2v) is 20.0. The average molecular weight is 1070 g/mol. The maximum Gasteiger partial charge on any atom is 0.245 e. The van der Waals surface area contributed by atoms with E-state index in [0.29, 0.717) is 5.56 Å². The smallest absolute Gasteiger partial charge is 0.245 e. The second-order valence-electron chi connectivity index (χ2n) is 19.5. The monoisotopic (exact) mass is 1070 g/mol. The van der Waals surface area contributed by atoms with Crippen molar-refractivity contribution in [3.05, 3.63) is 70.9 Å². The number of H-pyrrole nitrogens is 1. The van der Waals surface area contributed by atoms with Crippen LogP contribution >= 0.6 is 11.6 Å². The molecule has 76 heavy (non-hydrogen) atoms. The quantitative estimate of drug-likeness (QED) is 0.0519. The zero-order valence-corrected chi connectivity index (χ0v) is 43.5. The summed E-state index contributed by atoms with van der Waals surface area (Å²) in [7, 11) is 0. The molecule has 5 rings (SSSR count). The molecule has 2 aliphatic rings. The van der Waals surface area contributed by atoms with Crippen molar-refractivity contribution < 1.29 is 48.3 Å². The third-order valence-electron chi connectivity index (χ3n) is 13.6. The normalized spacial score (nSPS) is 23.1. The van der Waals surface area contributed by atoms with Crippen molar-refractivity contribution in [1.29, 1.82) is 0 Å². The molecule has 6 amide bonds. The number of amides is 6. The summed E-state index contributed by atoms with van der Waals surface area (Å²) in [5, 5.41) is 22.9. The van der Waals surface area contributed by atoms with Crippen LogP contribution in [0.5, 0.6) is 0 Å². The van der Waals surface area contributed by atoms with E-state index in [1.807, 2.05) is 24.3 Å². The standard InChI is InChI=1S/C52H72ClN13O10/c1-29(67)62-40(17-9-21-60-52(57)58)48(74)64-41-19-18-34(68)12-3-6-16-39(46(54)72)63-47(73)32(22-33-27-61-38-15-7-4-13-36(33)38)25-44(70)31(11-8-20-59-51(55)56)24-45(71)42(23-30-10-2-5-14-37(30)53)65-49(75)43-26-35(69)28-66(43)50(41)76/h2,4-5,7,10,13-15,27,31-32,35,39-43,61,69H,3,6,8-9,11-12,16-26,28H2,1H3,(H2,54,72)(H,62,67)(H,63,73)(H,64,74)(H,65,75)(H4,55,56,59)(H4,57,58,60)/t31-,32-,35-,39+,40+,41+,42-,43+/m1/s1. The Morgan fingerprint density at radius 1 is 0.803 bits per heavy atom. The number of aliphatic hydroxyl groups excluding tert-OH is 1. The number of rotatable bonds is 16. The Morgan fingerprint density at radius 3 is 2.18 bits per heavy atom. The van der Waals surface area contributed by atoms with Gasteiger partial charge in [-0.25, -0.2) is 0 Å². The average Bonchev–Trinajstić information content (AvgIpc) is 3.97. The van der Waals surface area contributed by atoms with Crippen LogP contribution in [0.2, 0.25) is 5.02 Å². The van der Waals surface area contributed by atoms with E-state index < -0.39 is 102 Å². The first-order valence-electron chi connectivity index (χ1n) is 25.6. The molecule has 2 fully saturated rings. The van der Waals surface area contributed by atoms with Crippen LogP contribution in [0.15, 0.2) is 64.7 Å². The number of benzene rings is 2. The first kappa shape index (κ1) is 59.5. The highest BCUT2D eigenvalue weighted by molar-refractivity contribution is 6.31. The molecule has 2 aliphatic heterocycles. The summed E-state index contributed by atoms with van der Waals surface area (Å²) in [6, 6.07) is 7.50. The van der Waals surface area contributed by atoms with Gasteiger partial charge in [0, 0.05) is 99.0 Å². The number of nitrogens with two attached hydrogens (primary N) is 5. The Morgan fingerprint density at radius 2 is 1.49 bits per heavy atom. The molecule has 23 nitrogen and oxygen atoms in total. The molecule has 0 spiro atoms. The zero-order chi connectivity index (χ0) is 55.5. The third kappa shape index (κ3) is 18.2. The summed E-state index contributed by atoms with van der Waals surface area (Å²) >= 11 is 6.61. The molecule has 0 bridgehead atoms. The summed E-state index contributed by atoms with van der Waals surface area (Å²) in [5.41, 5.74) is 29.9. The summed E-state index contributed by atoms with van der Waals surface area (Å²) in [6.07, 6.45) is 0.00904. The predicted molar refractivity (Wildman–Crippen MR) is 285 cm³/mol. The molecule has 3 aromatic rings. The summed E-state index contributed by atoms with van der Waals surface area (Å²) in [5.74, 6) is -8.29. The van der Waals surface area contributed by atoms with Crippen LogP contribution in [0.4, 0.5) is 0 Å². The van der Waals surface area contributed by atoms with Crippen molar-refractivity contribution in [2.45, 2.75) is 140 Å². The van der Waals surface area contributed by atoms with Gasteiger partial charge in [0.25, 0.3) is 0 Å². The molecule has 3 heterocycles. The van der Waals surface area contributed by atoms with E-state index in [1.54, 1.807) is 30.5 Å². The lowest BCUT2D eigenvalue weighted by atomic mass is 9.83. The van der Waals surface area contributed by atoms with Crippen molar-refractivity contribution in [2.75, 3.05) is 19.6 Å². The van der Waals surface area contributed by atoms with E-state index >= 15 is 0 Å². The first-order chi connectivity index (χ1) is 36.2. The van der Waals surface area contributed by atoms with Crippen LogP contribution in [0.1, 0.15) is 102 Å². The number of aromatic amines is 1. The molecule has 24 heteroatoms. The van der Waals surface area contributed by atoms with E-state index in [1.165, 1.54) is 6.92 Å². The largest absolute Gasteiger partial charge is 0.391 e. The lowest BCUT2D eigenvalue weighted by molar-refractivity contribution is -0.143. The molecule has 0 aliphatic carbocycles. The van der Waals surface area contributed by atoms with Gasteiger partial charge in [0.1, 0.15) is 35.7 Å². The first-order valence-corrected chi connectivity index (χ1v) is 26.0. The van der Waals surface area contributed by atoms with Gasteiger partial charge in [-0.1, -0.05) is 54.4 Å². The van der Waals surface area contributed by atoms with Gasteiger partial charge >= 0.3 is 0 Å². The number of carbonyl (C=O) groups excluding carboxylic acids is 9. The van der Waals surface area contributed by atoms with Crippen molar-refractivity contribution >= 4 is 87.2 Å². The number of primary amides is 1. The number of nitrogens with zero attached hydrogens (tertiary/aromatic N) is 3. The second kappa shape index (κ2) is 29.0. The number of aromatic nitrogens is 1. The molecule has 0 unspecified atom stereocenters. The van der Waals surface area contributed by atoms with E-state index in [-0.39, 0.29) is 132 Å². The van der Waals surface area contributed by atoms with E-state index in [4.69, 9.17) is 40.3 Å². The van der Waals surface area contributed by atoms with E-state index in [9.17, 15) is 48.3 Å². The van der Waals surface area contributed by atoms with Gasteiger partial charge < -0.3 is 64.9 Å². The Balaban J connectivity index is 1.54. The molecular formula is C52H72ClN13O10. The Kier molecular flexibility index (Phi) is 22.7. The van der Waals surface area contributed by atoms with Crippen molar-refractivity contribution in [2.24, 2.45) is 50.5 Å². The number of hydrogen-bond donors (Lipinski definition) is 11. The minimum atomic E-state index is -1.45. The summed E-state index contributed by atoms with van der Waals surface area (Å²) < 4.78 is 0. The number of halogens is 1. The predicted octanol–water partition coefficient (Wildman–Crippen LogP) is 0.194. The number of Topliss-reactive ketones (excluding diaryl/α,β-unsaturated/α-hetero) is 3.